The third-order valence-corrected chi connectivity index (χ3v) is 3.21. The van der Waals surface area contributed by atoms with Crippen molar-refractivity contribution in [1.29, 1.82) is 0 Å². The number of rotatable bonds is 3. The summed E-state index contributed by atoms with van der Waals surface area (Å²) in [6.07, 6.45) is 0. The molecule has 0 atom stereocenters. The number of hydrogen-bond donors (Lipinski definition) is 0. The lowest BCUT2D eigenvalue weighted by molar-refractivity contribution is 0.359. The van der Waals surface area contributed by atoms with Gasteiger partial charge in [0, 0.05) is 10.0 Å². The van der Waals surface area contributed by atoms with Crippen LogP contribution in [0.4, 0.5) is 0 Å². The van der Waals surface area contributed by atoms with Crippen molar-refractivity contribution in [2.75, 3.05) is 6.61 Å². The summed E-state index contributed by atoms with van der Waals surface area (Å²) in [5.41, 5.74) is 1.27. The van der Waals surface area contributed by atoms with Crippen LogP contribution < -0.4 is 4.74 Å². The molecule has 0 N–H and O–H groups in total. The molecule has 76 valence electrons. The lowest BCUT2D eigenvalue weighted by atomic mass is 10.3. The molecule has 0 heterocycles. The molecule has 0 unspecified atom stereocenters. The minimum Gasteiger partial charge on any atom is -0.488 e. The molecule has 0 spiro atoms. The van der Waals surface area contributed by atoms with E-state index in [1.807, 2.05) is 0 Å². The van der Waals surface area contributed by atoms with Gasteiger partial charge in [-0.15, -0.1) is 0 Å². The van der Waals surface area contributed by atoms with E-state index >= 15 is 0 Å². The first kappa shape index (κ1) is 12.2. The molecule has 0 aliphatic carbocycles. The second-order valence-corrected chi connectivity index (χ2v) is 4.39. The van der Waals surface area contributed by atoms with Crippen LogP contribution in [-0.2, 0) is 0 Å². The average molecular weight is 316 g/mol. The second-order valence-electron chi connectivity index (χ2n) is 2.42. The maximum atomic E-state index is 5.86. The normalized spacial score (nSPS) is 11.6. The SMILES string of the molecule is Cl/C=C(/Cl)COc1ccc(Br)c(Cl)c1. The highest BCUT2D eigenvalue weighted by molar-refractivity contribution is 9.10. The predicted molar refractivity (Wildman–Crippen MR) is 64.4 cm³/mol. The Bertz CT molecular complexity index is 352. The molecule has 0 fully saturated rings. The van der Waals surface area contributed by atoms with Crippen LogP contribution in [0.1, 0.15) is 0 Å². The lowest BCUT2D eigenvalue weighted by Gasteiger charge is -2.05. The molecule has 0 bridgehead atoms. The molecule has 14 heavy (non-hydrogen) atoms. The molecular weight excluding hydrogens is 310 g/mol. The molecule has 1 rings (SSSR count). The highest BCUT2D eigenvalue weighted by Gasteiger charge is 2.00. The van der Waals surface area contributed by atoms with Crippen molar-refractivity contribution in [1.82, 2.24) is 0 Å². The number of ether oxygens (including phenoxy) is 1. The fraction of sp³-hybridized carbons (Fsp3) is 0.111. The molecule has 5 heteroatoms. The van der Waals surface area contributed by atoms with E-state index in [4.69, 9.17) is 39.5 Å². The first-order valence-corrected chi connectivity index (χ1v) is 5.64. The van der Waals surface area contributed by atoms with Gasteiger partial charge in [-0.3, -0.25) is 0 Å². The van der Waals surface area contributed by atoms with E-state index in [0.717, 1.165) is 4.47 Å². The van der Waals surface area contributed by atoms with Crippen molar-refractivity contribution in [3.63, 3.8) is 0 Å². The van der Waals surface area contributed by atoms with Gasteiger partial charge in [0.1, 0.15) is 12.4 Å². The van der Waals surface area contributed by atoms with Gasteiger partial charge in [-0.2, -0.15) is 0 Å². The van der Waals surface area contributed by atoms with Gasteiger partial charge in [-0.05, 0) is 34.1 Å². The molecule has 0 aromatic heterocycles. The summed E-state index contributed by atoms with van der Waals surface area (Å²) >= 11 is 20.2. The Hall–Kier alpha value is 0.110. The van der Waals surface area contributed by atoms with Crippen LogP contribution in [0, 0.1) is 0 Å². The van der Waals surface area contributed by atoms with Gasteiger partial charge in [-0.1, -0.05) is 34.8 Å². The average Bonchev–Trinajstić information content (AvgIpc) is 2.19. The van der Waals surface area contributed by atoms with E-state index in [0.29, 0.717) is 15.8 Å². The molecule has 0 aliphatic rings. The summed E-state index contributed by atoms with van der Waals surface area (Å²) in [5, 5.41) is 1.03. The van der Waals surface area contributed by atoms with Crippen LogP contribution in [0.3, 0.4) is 0 Å². The summed E-state index contributed by atoms with van der Waals surface area (Å²) in [6, 6.07) is 5.29. The topological polar surface area (TPSA) is 9.23 Å². The summed E-state index contributed by atoms with van der Waals surface area (Å²) in [7, 11) is 0. The molecule has 0 radical (unpaired) electrons. The van der Waals surface area contributed by atoms with Gasteiger partial charge in [0.2, 0.25) is 0 Å². The first-order valence-electron chi connectivity index (χ1n) is 3.66. The predicted octanol–water partition coefficient (Wildman–Crippen LogP) is 4.80. The van der Waals surface area contributed by atoms with Crippen LogP contribution in [0.25, 0.3) is 0 Å². The standard InChI is InChI=1S/C9H6BrCl3O/c10-8-2-1-7(3-9(8)13)14-5-6(12)4-11/h1-4H,5H2/b6-4+. The lowest BCUT2D eigenvalue weighted by Crippen LogP contribution is -1.96. The van der Waals surface area contributed by atoms with E-state index in [9.17, 15) is 0 Å². The maximum Gasteiger partial charge on any atom is 0.125 e. The van der Waals surface area contributed by atoms with Crippen LogP contribution in [0.2, 0.25) is 5.02 Å². The molecule has 0 aliphatic heterocycles. The van der Waals surface area contributed by atoms with E-state index in [2.05, 4.69) is 15.9 Å². The fourth-order valence-corrected chi connectivity index (χ4v) is 1.29. The molecule has 0 saturated heterocycles. The molecule has 1 nitrogen and oxygen atoms in total. The fourth-order valence-electron chi connectivity index (χ4n) is 0.750. The maximum absolute atomic E-state index is 5.86. The number of halogens is 4. The molecule has 1 aromatic carbocycles. The Labute approximate surface area is 106 Å². The van der Waals surface area contributed by atoms with Gasteiger partial charge >= 0.3 is 0 Å². The van der Waals surface area contributed by atoms with Crippen LogP contribution >= 0.6 is 50.7 Å². The highest BCUT2D eigenvalue weighted by atomic mass is 79.9. The van der Waals surface area contributed by atoms with Crippen molar-refractivity contribution < 1.29 is 4.74 Å². The molecular formula is C9H6BrCl3O. The zero-order valence-electron chi connectivity index (χ0n) is 6.94. The van der Waals surface area contributed by atoms with E-state index in [-0.39, 0.29) is 6.61 Å². The Morgan fingerprint density at radius 2 is 2.21 bits per heavy atom. The summed E-state index contributed by atoms with van der Waals surface area (Å²) < 4.78 is 6.13. The number of hydrogen-bond acceptors (Lipinski definition) is 1. The minimum absolute atomic E-state index is 0.239. The number of benzene rings is 1. The zero-order chi connectivity index (χ0) is 10.6. The van der Waals surface area contributed by atoms with Gasteiger partial charge in [-0.25, -0.2) is 0 Å². The summed E-state index contributed by atoms with van der Waals surface area (Å²) in [5.74, 6) is 0.648. The van der Waals surface area contributed by atoms with Crippen molar-refractivity contribution >= 4 is 50.7 Å². The Balaban J connectivity index is 2.64. The monoisotopic (exact) mass is 314 g/mol. The molecule has 0 amide bonds. The van der Waals surface area contributed by atoms with E-state index < -0.39 is 0 Å². The smallest absolute Gasteiger partial charge is 0.125 e. The van der Waals surface area contributed by atoms with E-state index in [1.165, 1.54) is 5.54 Å². The first-order chi connectivity index (χ1) is 6.63. The summed E-state index contributed by atoms with van der Waals surface area (Å²) in [6.45, 7) is 0.239. The van der Waals surface area contributed by atoms with Gasteiger partial charge in [0.15, 0.2) is 0 Å². The van der Waals surface area contributed by atoms with Crippen LogP contribution in [-0.4, -0.2) is 6.61 Å². The largest absolute Gasteiger partial charge is 0.488 e. The highest BCUT2D eigenvalue weighted by Crippen LogP contribution is 2.27. The van der Waals surface area contributed by atoms with Crippen LogP contribution in [0.15, 0.2) is 33.2 Å². The van der Waals surface area contributed by atoms with Gasteiger partial charge in [0.05, 0.1) is 10.1 Å². The molecule has 1 aromatic rings. The van der Waals surface area contributed by atoms with Crippen molar-refractivity contribution in [2.45, 2.75) is 0 Å². The minimum atomic E-state index is 0.239. The van der Waals surface area contributed by atoms with Gasteiger partial charge < -0.3 is 4.74 Å². The third kappa shape index (κ3) is 3.70. The van der Waals surface area contributed by atoms with Crippen LogP contribution in [0.5, 0.6) is 5.75 Å². The zero-order valence-corrected chi connectivity index (χ0v) is 10.8. The summed E-state index contributed by atoms with van der Waals surface area (Å²) in [4.78, 5) is 0. The second kappa shape index (κ2) is 5.86. The van der Waals surface area contributed by atoms with E-state index in [1.54, 1.807) is 18.2 Å². The third-order valence-electron chi connectivity index (χ3n) is 1.39. The molecule has 0 saturated carbocycles. The van der Waals surface area contributed by atoms with Crippen molar-refractivity contribution in [2.24, 2.45) is 0 Å². The van der Waals surface area contributed by atoms with Crippen molar-refractivity contribution in [3.8, 4) is 5.75 Å². The quantitative estimate of drug-likeness (QED) is 0.778. The Morgan fingerprint density at radius 3 is 2.79 bits per heavy atom. The Morgan fingerprint density at radius 1 is 1.50 bits per heavy atom. The Kier molecular flexibility index (Phi) is 5.10. The van der Waals surface area contributed by atoms with Crippen molar-refractivity contribution in [3.05, 3.63) is 38.3 Å². The van der Waals surface area contributed by atoms with Gasteiger partial charge in [0.25, 0.3) is 0 Å².